The number of rotatable bonds is 10. The van der Waals surface area contributed by atoms with Crippen LogP contribution in [-0.4, -0.2) is 42.3 Å². The van der Waals surface area contributed by atoms with E-state index in [1.807, 2.05) is 31.2 Å². The number of aliphatic carboxylic acids is 1. The van der Waals surface area contributed by atoms with Crippen LogP contribution >= 0.6 is 0 Å². The number of anilines is 1. The van der Waals surface area contributed by atoms with Gasteiger partial charge in [0.25, 0.3) is 0 Å². The highest BCUT2D eigenvalue weighted by Crippen LogP contribution is 2.30. The SMILES string of the molecule is CCCCC[C@@H](CC(=O)O)C(=O)N1CC(NC(=O)OCCC)Cc2ccccc21. The first kappa shape index (κ1) is 22.7. The lowest BCUT2D eigenvalue weighted by molar-refractivity contribution is -0.140. The Morgan fingerprint density at radius 1 is 1.21 bits per heavy atom. The molecule has 1 unspecified atom stereocenters. The summed E-state index contributed by atoms with van der Waals surface area (Å²) in [6.07, 6.45) is 4.00. The summed E-state index contributed by atoms with van der Waals surface area (Å²) in [6, 6.07) is 7.30. The molecule has 0 aliphatic carbocycles. The summed E-state index contributed by atoms with van der Waals surface area (Å²) in [7, 11) is 0. The van der Waals surface area contributed by atoms with Gasteiger partial charge in [-0.25, -0.2) is 4.79 Å². The lowest BCUT2D eigenvalue weighted by Gasteiger charge is -2.36. The van der Waals surface area contributed by atoms with E-state index >= 15 is 0 Å². The molecule has 0 saturated heterocycles. The molecule has 2 amide bonds. The van der Waals surface area contributed by atoms with Crippen LogP contribution in [0.25, 0.3) is 0 Å². The molecular formula is C22H32N2O5. The van der Waals surface area contributed by atoms with Crippen molar-refractivity contribution in [2.75, 3.05) is 18.1 Å². The number of fused-ring (bicyclic) bond motifs is 1. The zero-order valence-corrected chi connectivity index (χ0v) is 17.4. The van der Waals surface area contributed by atoms with Crippen molar-refractivity contribution in [3.63, 3.8) is 0 Å². The number of carbonyl (C=O) groups excluding carboxylic acids is 2. The van der Waals surface area contributed by atoms with Gasteiger partial charge in [-0.2, -0.15) is 0 Å². The molecule has 1 aliphatic rings. The molecule has 0 spiro atoms. The number of ether oxygens (including phenoxy) is 1. The van der Waals surface area contributed by atoms with E-state index in [1.165, 1.54) is 0 Å². The molecule has 0 aromatic heterocycles. The number of hydrogen-bond acceptors (Lipinski definition) is 4. The van der Waals surface area contributed by atoms with Gasteiger partial charge in [0, 0.05) is 18.2 Å². The van der Waals surface area contributed by atoms with Gasteiger partial charge < -0.3 is 20.1 Å². The van der Waals surface area contributed by atoms with Crippen molar-refractivity contribution < 1.29 is 24.2 Å². The maximum Gasteiger partial charge on any atom is 0.407 e. The second-order valence-corrected chi connectivity index (χ2v) is 7.55. The molecule has 1 aliphatic heterocycles. The van der Waals surface area contributed by atoms with Gasteiger partial charge in [0.15, 0.2) is 0 Å². The molecule has 0 fully saturated rings. The van der Waals surface area contributed by atoms with E-state index in [0.717, 1.165) is 36.9 Å². The molecule has 2 N–H and O–H groups in total. The first-order valence-corrected chi connectivity index (χ1v) is 10.5. The summed E-state index contributed by atoms with van der Waals surface area (Å²) in [4.78, 5) is 38.3. The van der Waals surface area contributed by atoms with Crippen LogP contribution in [0.15, 0.2) is 24.3 Å². The first-order valence-electron chi connectivity index (χ1n) is 10.5. The number of amides is 2. The van der Waals surface area contributed by atoms with Crippen LogP contribution in [0, 0.1) is 5.92 Å². The van der Waals surface area contributed by atoms with Gasteiger partial charge in [-0.1, -0.05) is 51.3 Å². The number of nitrogens with one attached hydrogen (secondary N) is 1. The second-order valence-electron chi connectivity index (χ2n) is 7.55. The van der Waals surface area contributed by atoms with Crippen molar-refractivity contribution in [2.24, 2.45) is 5.92 Å². The van der Waals surface area contributed by atoms with Crippen molar-refractivity contribution in [1.29, 1.82) is 0 Å². The summed E-state index contributed by atoms with van der Waals surface area (Å²) in [5.41, 5.74) is 1.75. The summed E-state index contributed by atoms with van der Waals surface area (Å²) >= 11 is 0. The van der Waals surface area contributed by atoms with Crippen LogP contribution in [0.1, 0.15) is 57.9 Å². The number of para-hydroxylation sites is 1. The van der Waals surface area contributed by atoms with Gasteiger partial charge in [0.2, 0.25) is 5.91 Å². The minimum absolute atomic E-state index is 0.183. The van der Waals surface area contributed by atoms with Gasteiger partial charge in [-0.05, 0) is 30.9 Å². The number of carboxylic acids is 1. The Labute approximate surface area is 172 Å². The van der Waals surface area contributed by atoms with Crippen molar-refractivity contribution in [3.8, 4) is 0 Å². The van der Waals surface area contributed by atoms with Crippen molar-refractivity contribution >= 4 is 23.7 Å². The van der Waals surface area contributed by atoms with Crippen molar-refractivity contribution in [3.05, 3.63) is 29.8 Å². The zero-order chi connectivity index (χ0) is 21.2. The van der Waals surface area contributed by atoms with Gasteiger partial charge >= 0.3 is 12.1 Å². The summed E-state index contributed by atoms with van der Waals surface area (Å²) in [5.74, 6) is -1.73. The topological polar surface area (TPSA) is 95.9 Å². The fourth-order valence-electron chi connectivity index (χ4n) is 3.69. The Morgan fingerprint density at radius 3 is 2.66 bits per heavy atom. The average molecular weight is 405 g/mol. The standard InChI is InChI=1S/C22H32N2O5/c1-3-5-6-10-17(14-20(25)26)21(27)24-15-18(23-22(28)29-12-4-2)13-16-9-7-8-11-19(16)24/h7-9,11,17-18H,3-6,10,12-15H2,1-2H3,(H,23,28)(H,25,26)/t17-,18?/m0/s1. The number of unbranched alkanes of at least 4 members (excludes halogenated alkanes) is 2. The maximum absolute atomic E-state index is 13.3. The van der Waals surface area contributed by atoms with Crippen LogP contribution < -0.4 is 10.2 Å². The summed E-state index contributed by atoms with van der Waals surface area (Å²) < 4.78 is 5.11. The third-order valence-corrected chi connectivity index (χ3v) is 5.10. The van der Waals surface area contributed by atoms with Crippen molar-refractivity contribution in [1.82, 2.24) is 5.32 Å². The first-order chi connectivity index (χ1) is 14.0. The predicted octanol–water partition coefficient (Wildman–Crippen LogP) is 3.75. The lowest BCUT2D eigenvalue weighted by atomic mass is 9.92. The largest absolute Gasteiger partial charge is 0.481 e. The van der Waals surface area contributed by atoms with Gasteiger partial charge in [-0.15, -0.1) is 0 Å². The minimum atomic E-state index is -0.969. The monoisotopic (exact) mass is 404 g/mol. The molecule has 7 nitrogen and oxygen atoms in total. The number of carbonyl (C=O) groups is 3. The Kier molecular flexibility index (Phi) is 8.96. The third kappa shape index (κ3) is 6.76. The second kappa shape index (κ2) is 11.4. The quantitative estimate of drug-likeness (QED) is 0.579. The Balaban J connectivity index is 2.19. The molecule has 160 valence electrons. The lowest BCUT2D eigenvalue weighted by Crippen LogP contribution is -2.52. The highest BCUT2D eigenvalue weighted by molar-refractivity contribution is 5.98. The van der Waals surface area contributed by atoms with Gasteiger partial charge in [0.05, 0.1) is 19.1 Å². The van der Waals surface area contributed by atoms with Gasteiger partial charge in [0.1, 0.15) is 0 Å². The molecular weight excluding hydrogens is 372 g/mol. The molecule has 2 rings (SSSR count). The number of alkyl carbamates (subject to hydrolysis) is 1. The molecule has 1 heterocycles. The van der Waals surface area contributed by atoms with E-state index in [0.29, 0.717) is 26.0 Å². The molecule has 7 heteroatoms. The molecule has 2 atom stereocenters. The summed E-state index contributed by atoms with van der Waals surface area (Å²) in [6.45, 7) is 4.64. The molecule has 29 heavy (non-hydrogen) atoms. The van der Waals surface area contributed by atoms with Crippen LogP contribution in [0.4, 0.5) is 10.5 Å². The molecule has 1 aromatic rings. The van der Waals surface area contributed by atoms with E-state index < -0.39 is 18.0 Å². The molecule has 0 bridgehead atoms. The van der Waals surface area contributed by atoms with Crippen LogP contribution in [0.3, 0.4) is 0 Å². The van der Waals surface area contributed by atoms with E-state index in [2.05, 4.69) is 12.2 Å². The predicted molar refractivity (Wildman–Crippen MR) is 111 cm³/mol. The normalized spacial score (nSPS) is 16.6. The van der Waals surface area contributed by atoms with Crippen molar-refractivity contribution in [2.45, 2.75) is 64.8 Å². The molecule has 1 aromatic carbocycles. The third-order valence-electron chi connectivity index (χ3n) is 5.10. The number of nitrogens with zero attached hydrogens (tertiary/aromatic N) is 1. The van der Waals surface area contributed by atoms with E-state index in [9.17, 15) is 19.5 Å². The maximum atomic E-state index is 13.3. The van der Waals surface area contributed by atoms with E-state index in [1.54, 1.807) is 4.90 Å². The Bertz CT molecular complexity index is 706. The van der Waals surface area contributed by atoms with Crippen LogP contribution in [0.2, 0.25) is 0 Å². The van der Waals surface area contributed by atoms with Gasteiger partial charge in [-0.3, -0.25) is 9.59 Å². The summed E-state index contributed by atoms with van der Waals surface area (Å²) in [5, 5.41) is 12.1. The average Bonchev–Trinajstić information content (AvgIpc) is 2.70. The zero-order valence-electron chi connectivity index (χ0n) is 17.4. The van der Waals surface area contributed by atoms with E-state index in [4.69, 9.17) is 4.74 Å². The molecule has 0 saturated carbocycles. The molecule has 0 radical (unpaired) electrons. The smallest absolute Gasteiger partial charge is 0.407 e. The highest BCUT2D eigenvalue weighted by Gasteiger charge is 2.33. The van der Waals surface area contributed by atoms with Crippen LogP contribution in [0.5, 0.6) is 0 Å². The number of benzene rings is 1. The fourth-order valence-corrected chi connectivity index (χ4v) is 3.69. The number of carboxylic acid groups (broad SMARTS) is 1. The van der Waals surface area contributed by atoms with E-state index in [-0.39, 0.29) is 18.4 Å². The Morgan fingerprint density at radius 2 is 1.97 bits per heavy atom. The van der Waals surface area contributed by atoms with Crippen LogP contribution in [-0.2, 0) is 20.7 Å². The number of hydrogen-bond donors (Lipinski definition) is 2. The Hall–Kier alpha value is -2.57. The minimum Gasteiger partial charge on any atom is -0.481 e. The fraction of sp³-hybridized carbons (Fsp3) is 0.591. The highest BCUT2D eigenvalue weighted by atomic mass is 16.5.